The second-order valence-electron chi connectivity index (χ2n) is 14.4. The first-order valence-corrected chi connectivity index (χ1v) is 20.0. The molecule has 0 aromatic heterocycles. The van der Waals surface area contributed by atoms with Crippen LogP contribution < -0.4 is 0 Å². The molecule has 0 atom stereocenters. The summed E-state index contributed by atoms with van der Waals surface area (Å²) in [4.78, 5) is 51.3. The Kier molecular flexibility index (Phi) is 13.8. The summed E-state index contributed by atoms with van der Waals surface area (Å²) in [5.41, 5.74) is 36.8. The van der Waals surface area contributed by atoms with Gasteiger partial charge in [-0.15, -0.1) is 0 Å². The Balaban J connectivity index is 1.06. The van der Waals surface area contributed by atoms with Gasteiger partial charge in [0.05, 0.1) is 44.5 Å². The van der Waals surface area contributed by atoms with Crippen LogP contribution in [-0.2, 0) is 29.1 Å². The largest absolute Gasteiger partial charge is 0.457 e. The van der Waals surface area contributed by atoms with Crippen LogP contribution in [0.5, 0.6) is 0 Å². The van der Waals surface area contributed by atoms with Crippen molar-refractivity contribution in [3.63, 3.8) is 0 Å². The molecule has 0 unspecified atom stereocenters. The number of esters is 2. The second-order valence-corrected chi connectivity index (χ2v) is 14.4. The van der Waals surface area contributed by atoms with Crippen molar-refractivity contribution in [2.75, 3.05) is 0 Å². The van der Waals surface area contributed by atoms with Crippen molar-refractivity contribution >= 4 is 34.9 Å². The molecule has 0 saturated carbocycles. The minimum absolute atomic E-state index is 0.00892. The van der Waals surface area contributed by atoms with Gasteiger partial charge in [0.15, 0.2) is 5.78 Å². The topological polar surface area (TPSA) is 179 Å². The molecule has 7 aromatic rings. The van der Waals surface area contributed by atoms with Crippen molar-refractivity contribution in [2.45, 2.75) is 26.1 Å². The number of ether oxygens (including phenoxy) is 2. The van der Waals surface area contributed by atoms with E-state index in [1.165, 1.54) is 18.2 Å². The Morgan fingerprint density at radius 2 is 0.667 bits per heavy atom. The molecule has 0 saturated heterocycles. The third kappa shape index (κ3) is 10.7. The first-order valence-electron chi connectivity index (χ1n) is 20.0. The average Bonchev–Trinajstić information content (AvgIpc) is 3.34. The van der Waals surface area contributed by atoms with Gasteiger partial charge in [-0.3, -0.25) is 4.79 Å². The SMILES string of the molecule is [N-]=[N+]=C(c1ccccc1)c1ccc(CCC(=O)c2cc(C(=O)OCc3ccc(C(=[N+]=[N-])c4ccccc4)cc3)cc(C(=O)OCc3ccc(C(=[N+]=[N-])c4ccccc4)cc3)c2)cc1. The molecule has 63 heavy (non-hydrogen) atoms. The van der Waals surface area contributed by atoms with Crippen molar-refractivity contribution in [1.82, 2.24) is 0 Å². The maximum absolute atomic E-state index is 13.7. The van der Waals surface area contributed by atoms with Crippen LogP contribution >= 0.6 is 0 Å². The fraction of sp³-hybridized carbons (Fsp3) is 0.0769. The van der Waals surface area contributed by atoms with Crippen LogP contribution in [0.1, 0.15) is 87.6 Å². The highest BCUT2D eigenvalue weighted by atomic mass is 16.5. The molecule has 7 rings (SSSR count). The molecule has 0 aliphatic heterocycles. The third-order valence-corrected chi connectivity index (χ3v) is 10.2. The van der Waals surface area contributed by atoms with Gasteiger partial charge in [-0.2, -0.15) is 14.4 Å². The van der Waals surface area contributed by atoms with Gasteiger partial charge in [0.25, 0.3) is 0 Å². The number of hydrogen-bond acceptors (Lipinski definition) is 5. The summed E-state index contributed by atoms with van der Waals surface area (Å²) in [5.74, 6) is -1.82. The number of carbonyl (C=O) groups is 3. The predicted octanol–water partition coefficient (Wildman–Crippen LogP) is 9.42. The zero-order valence-electron chi connectivity index (χ0n) is 33.9. The van der Waals surface area contributed by atoms with Gasteiger partial charge in [-0.1, -0.05) is 91.0 Å². The van der Waals surface area contributed by atoms with Crippen molar-refractivity contribution in [3.05, 3.63) is 265 Å². The number of rotatable bonds is 16. The summed E-state index contributed by atoms with van der Waals surface area (Å²) in [6.45, 7) is -0.222. The van der Waals surface area contributed by atoms with Gasteiger partial charge in [-0.25, -0.2) is 9.59 Å². The molecule has 0 aliphatic rings. The highest BCUT2D eigenvalue weighted by molar-refractivity contribution is 6.10. The zero-order chi connectivity index (χ0) is 44.0. The maximum Gasteiger partial charge on any atom is 0.338 e. The van der Waals surface area contributed by atoms with Crippen molar-refractivity contribution < 1.29 is 38.2 Å². The Morgan fingerprint density at radius 1 is 0.365 bits per heavy atom. The van der Waals surface area contributed by atoms with Gasteiger partial charge in [0.2, 0.25) is 0 Å². The van der Waals surface area contributed by atoms with Crippen LogP contribution in [0, 0.1) is 0 Å². The highest BCUT2D eigenvalue weighted by Crippen LogP contribution is 2.20. The average molecular weight is 827 g/mol. The predicted molar refractivity (Wildman–Crippen MR) is 236 cm³/mol. The Bertz CT molecular complexity index is 2580. The number of aryl methyl sites for hydroxylation is 1. The van der Waals surface area contributed by atoms with E-state index in [1.54, 1.807) is 48.5 Å². The molecule has 306 valence electrons. The Hall–Kier alpha value is -8.71. The third-order valence-electron chi connectivity index (χ3n) is 10.2. The first-order chi connectivity index (χ1) is 30.8. The summed E-state index contributed by atoms with van der Waals surface area (Å²) in [7, 11) is 0. The standard InChI is InChI=1S/C52H38N6O5/c53-56-48(38-10-4-1-5-11-38)41-23-16-35(17-24-41)22-29-47(59)44-30-45(51(60)62-33-36-18-25-42(26-19-36)49(57-54)39-12-6-2-7-13-39)32-46(31-44)52(61)63-34-37-20-27-43(28-21-37)50(58-55)40-14-8-3-9-15-40/h1-21,23-28,30-32H,22,29,33-34H2. The van der Waals surface area contributed by atoms with E-state index in [-0.39, 0.29) is 42.1 Å². The molecule has 0 aliphatic carbocycles. The molecule has 11 nitrogen and oxygen atoms in total. The lowest BCUT2D eigenvalue weighted by Crippen LogP contribution is -2.13. The number of nitrogens with zero attached hydrogens (tertiary/aromatic N) is 6. The molecule has 0 amide bonds. The Labute approximate surface area is 363 Å². The van der Waals surface area contributed by atoms with Crippen LogP contribution in [-0.4, -0.2) is 49.2 Å². The smallest absolute Gasteiger partial charge is 0.338 e. The summed E-state index contributed by atoms with van der Waals surface area (Å²) >= 11 is 0. The minimum Gasteiger partial charge on any atom is -0.457 e. The van der Waals surface area contributed by atoms with Crippen LogP contribution in [0.25, 0.3) is 16.6 Å². The molecular weight excluding hydrogens is 789 g/mol. The van der Waals surface area contributed by atoms with Gasteiger partial charge in [0.1, 0.15) is 13.2 Å². The van der Waals surface area contributed by atoms with Crippen LogP contribution in [0.3, 0.4) is 0 Å². The zero-order valence-corrected chi connectivity index (χ0v) is 33.9. The summed E-state index contributed by atoms with van der Waals surface area (Å²) in [5, 5.41) is 0. The quantitative estimate of drug-likeness (QED) is 0.0309. The van der Waals surface area contributed by atoms with E-state index in [1.807, 2.05) is 115 Å². The molecule has 0 bridgehead atoms. The molecule has 0 radical (unpaired) electrons. The molecule has 11 heteroatoms. The fourth-order valence-corrected chi connectivity index (χ4v) is 6.87. The van der Waals surface area contributed by atoms with E-state index in [0.717, 1.165) is 22.3 Å². The maximum atomic E-state index is 13.7. The monoisotopic (exact) mass is 826 g/mol. The van der Waals surface area contributed by atoms with E-state index in [2.05, 4.69) is 14.4 Å². The van der Waals surface area contributed by atoms with Crippen molar-refractivity contribution in [3.8, 4) is 0 Å². The van der Waals surface area contributed by atoms with Gasteiger partial charge in [0, 0.05) is 12.0 Å². The Morgan fingerprint density at radius 3 is 1.00 bits per heavy atom. The fourth-order valence-electron chi connectivity index (χ4n) is 6.87. The number of benzene rings is 7. The lowest BCUT2D eigenvalue weighted by atomic mass is 9.97. The van der Waals surface area contributed by atoms with Gasteiger partial charge >= 0.3 is 29.1 Å². The van der Waals surface area contributed by atoms with E-state index >= 15 is 0 Å². The van der Waals surface area contributed by atoms with Crippen LogP contribution in [0.4, 0.5) is 0 Å². The summed E-state index contributed by atoms with van der Waals surface area (Å²) in [6.07, 6.45) is 0.422. The molecule has 0 N–H and O–H groups in total. The number of carbonyl (C=O) groups excluding carboxylic acids is 3. The van der Waals surface area contributed by atoms with Gasteiger partial charge < -0.3 is 26.1 Å². The summed E-state index contributed by atoms with van der Waals surface area (Å²) < 4.78 is 11.3. The highest BCUT2D eigenvalue weighted by Gasteiger charge is 2.21. The normalized spacial score (nSPS) is 10.3. The van der Waals surface area contributed by atoms with E-state index in [9.17, 15) is 31.0 Å². The molecule has 7 aromatic carbocycles. The summed E-state index contributed by atoms with van der Waals surface area (Å²) in [6, 6.07) is 53.2. The van der Waals surface area contributed by atoms with E-state index in [0.29, 0.717) is 51.4 Å². The number of Topliss-reactive ketones (excluding diaryl/α,β-unsaturated/α-hetero) is 1. The van der Waals surface area contributed by atoms with E-state index in [4.69, 9.17) is 9.47 Å². The van der Waals surface area contributed by atoms with E-state index < -0.39 is 11.9 Å². The van der Waals surface area contributed by atoms with Crippen molar-refractivity contribution in [1.29, 1.82) is 0 Å². The minimum atomic E-state index is -0.754. The van der Waals surface area contributed by atoms with Crippen LogP contribution in [0.15, 0.2) is 182 Å². The number of hydrogen-bond donors (Lipinski definition) is 0. The first kappa shape index (κ1) is 42.4. The molecule has 0 heterocycles. The van der Waals surface area contributed by atoms with Crippen molar-refractivity contribution in [2.24, 2.45) is 0 Å². The van der Waals surface area contributed by atoms with Gasteiger partial charge in [-0.05, 0) is 114 Å². The second kappa shape index (κ2) is 20.5. The lowest BCUT2D eigenvalue weighted by Gasteiger charge is -2.11. The molecule has 0 fully saturated rings. The molecular formula is C52H38N6O5. The lowest BCUT2D eigenvalue weighted by molar-refractivity contribution is -0.00323. The van der Waals surface area contributed by atoms with Crippen LogP contribution in [0.2, 0.25) is 0 Å². The molecule has 0 spiro atoms. The number of ketones is 1.